The molecule has 0 saturated heterocycles. The second-order valence-electron chi connectivity index (χ2n) is 6.45. The van der Waals surface area contributed by atoms with Crippen LogP contribution in [-0.4, -0.2) is 33.9 Å². The SMILES string of the molecule is COC[C@H](C)Nc1nc(-c2c(N)n(CC(C)C)c(=O)n(C)c2=O)cs1. The summed E-state index contributed by atoms with van der Waals surface area (Å²) in [7, 11) is 3.09. The fourth-order valence-electron chi connectivity index (χ4n) is 2.52. The number of nitrogens with two attached hydrogens (primary N) is 1. The van der Waals surface area contributed by atoms with Crippen LogP contribution in [0, 0.1) is 5.92 Å². The Labute approximate surface area is 150 Å². The van der Waals surface area contributed by atoms with E-state index in [0.717, 1.165) is 4.57 Å². The molecule has 2 aromatic heterocycles. The number of hydrogen-bond donors (Lipinski definition) is 2. The van der Waals surface area contributed by atoms with Crippen LogP contribution in [0.25, 0.3) is 11.3 Å². The average Bonchev–Trinajstić information content (AvgIpc) is 2.97. The molecule has 0 fully saturated rings. The van der Waals surface area contributed by atoms with Gasteiger partial charge in [-0.25, -0.2) is 9.78 Å². The molecule has 1 atom stereocenters. The topological polar surface area (TPSA) is 104 Å². The lowest BCUT2D eigenvalue weighted by Gasteiger charge is -2.15. The van der Waals surface area contributed by atoms with Gasteiger partial charge in [-0.1, -0.05) is 13.8 Å². The minimum atomic E-state index is -0.440. The molecule has 2 heterocycles. The maximum atomic E-state index is 12.6. The van der Waals surface area contributed by atoms with Gasteiger partial charge in [0.05, 0.1) is 12.3 Å². The largest absolute Gasteiger partial charge is 0.384 e. The lowest BCUT2D eigenvalue weighted by atomic mass is 10.2. The van der Waals surface area contributed by atoms with Crippen molar-refractivity contribution in [1.82, 2.24) is 14.1 Å². The number of nitrogens with zero attached hydrogens (tertiary/aromatic N) is 3. The number of hydrogen-bond acceptors (Lipinski definition) is 7. The summed E-state index contributed by atoms with van der Waals surface area (Å²) in [6, 6.07) is 0.0825. The summed E-state index contributed by atoms with van der Waals surface area (Å²) in [6.07, 6.45) is 0. The molecule has 0 aliphatic rings. The first kappa shape index (κ1) is 19.2. The molecule has 0 aliphatic carbocycles. The van der Waals surface area contributed by atoms with E-state index in [1.807, 2.05) is 20.8 Å². The van der Waals surface area contributed by atoms with Crippen LogP contribution >= 0.6 is 11.3 Å². The number of thiazole rings is 1. The van der Waals surface area contributed by atoms with Crippen LogP contribution in [0.4, 0.5) is 10.9 Å². The van der Waals surface area contributed by atoms with Gasteiger partial charge < -0.3 is 15.8 Å². The molecule has 138 valence electrons. The van der Waals surface area contributed by atoms with E-state index in [2.05, 4.69) is 10.3 Å². The number of nitrogen functional groups attached to an aromatic ring is 1. The van der Waals surface area contributed by atoms with Gasteiger partial charge in [-0.2, -0.15) is 0 Å². The van der Waals surface area contributed by atoms with Crippen LogP contribution in [0.15, 0.2) is 15.0 Å². The van der Waals surface area contributed by atoms with E-state index in [1.54, 1.807) is 12.5 Å². The monoisotopic (exact) mass is 367 g/mol. The van der Waals surface area contributed by atoms with Gasteiger partial charge in [0, 0.05) is 32.1 Å². The van der Waals surface area contributed by atoms with Gasteiger partial charge in [0.15, 0.2) is 5.13 Å². The summed E-state index contributed by atoms with van der Waals surface area (Å²) >= 11 is 1.38. The Hall–Kier alpha value is -2.13. The smallest absolute Gasteiger partial charge is 0.332 e. The van der Waals surface area contributed by atoms with Gasteiger partial charge >= 0.3 is 5.69 Å². The highest BCUT2D eigenvalue weighted by atomic mass is 32.1. The molecule has 0 amide bonds. The van der Waals surface area contributed by atoms with Crippen molar-refractivity contribution >= 4 is 22.3 Å². The van der Waals surface area contributed by atoms with Gasteiger partial charge in [-0.15, -0.1) is 11.3 Å². The van der Waals surface area contributed by atoms with Crippen molar-refractivity contribution in [3.8, 4) is 11.3 Å². The van der Waals surface area contributed by atoms with Gasteiger partial charge in [-0.3, -0.25) is 13.9 Å². The maximum Gasteiger partial charge on any atom is 0.332 e. The highest BCUT2D eigenvalue weighted by Gasteiger charge is 2.20. The van der Waals surface area contributed by atoms with Crippen LogP contribution in [0.1, 0.15) is 20.8 Å². The zero-order valence-corrected chi connectivity index (χ0v) is 16.0. The summed E-state index contributed by atoms with van der Waals surface area (Å²) in [5, 5.41) is 5.64. The predicted octanol–water partition coefficient (Wildman–Crippen LogP) is 1.36. The molecule has 0 aliphatic heterocycles. The summed E-state index contributed by atoms with van der Waals surface area (Å²) < 4.78 is 7.60. The molecule has 0 radical (unpaired) electrons. The van der Waals surface area contributed by atoms with Crippen molar-refractivity contribution in [2.75, 3.05) is 24.8 Å². The highest BCUT2D eigenvalue weighted by molar-refractivity contribution is 7.14. The molecule has 9 heteroatoms. The van der Waals surface area contributed by atoms with Gasteiger partial charge in [0.2, 0.25) is 0 Å². The van der Waals surface area contributed by atoms with Gasteiger partial charge in [0.1, 0.15) is 11.4 Å². The molecule has 0 saturated carbocycles. The minimum absolute atomic E-state index is 0.0825. The molecule has 2 aromatic rings. The predicted molar refractivity (Wildman–Crippen MR) is 101 cm³/mol. The maximum absolute atomic E-state index is 12.6. The van der Waals surface area contributed by atoms with Crippen LogP contribution in [0.5, 0.6) is 0 Å². The van der Waals surface area contributed by atoms with Gasteiger partial charge in [0.25, 0.3) is 5.56 Å². The Balaban J connectivity index is 2.49. The summed E-state index contributed by atoms with van der Waals surface area (Å²) in [6.45, 7) is 6.92. The van der Waals surface area contributed by atoms with Crippen molar-refractivity contribution in [2.45, 2.75) is 33.4 Å². The molecule has 0 unspecified atom stereocenters. The normalized spacial score (nSPS) is 12.6. The summed E-state index contributed by atoms with van der Waals surface area (Å²) in [5.41, 5.74) is 6.03. The van der Waals surface area contributed by atoms with Crippen molar-refractivity contribution in [3.63, 3.8) is 0 Å². The zero-order valence-electron chi connectivity index (χ0n) is 15.2. The second kappa shape index (κ2) is 7.83. The number of methoxy groups -OCH3 is 1. The number of aromatic nitrogens is 3. The van der Waals surface area contributed by atoms with Crippen LogP contribution in [0.3, 0.4) is 0 Å². The van der Waals surface area contributed by atoms with E-state index in [-0.39, 0.29) is 23.3 Å². The molecular formula is C16H25N5O3S. The van der Waals surface area contributed by atoms with E-state index < -0.39 is 11.2 Å². The molecule has 25 heavy (non-hydrogen) atoms. The fourth-order valence-corrected chi connectivity index (χ4v) is 3.34. The number of ether oxygens (including phenoxy) is 1. The van der Waals surface area contributed by atoms with Crippen molar-refractivity contribution in [2.24, 2.45) is 13.0 Å². The first-order valence-electron chi connectivity index (χ1n) is 8.06. The molecule has 2 rings (SSSR count). The standard InChI is InChI=1S/C16H25N5O3S/c1-9(2)6-21-13(17)12(14(22)20(4)16(21)23)11-8-25-15(19-11)18-10(3)7-24-5/h8-10H,6-7,17H2,1-5H3,(H,18,19)/t10-/m0/s1. The Morgan fingerprint density at radius 3 is 2.64 bits per heavy atom. The third-order valence-electron chi connectivity index (χ3n) is 3.68. The molecule has 0 spiro atoms. The minimum Gasteiger partial charge on any atom is -0.384 e. The third kappa shape index (κ3) is 4.10. The average molecular weight is 367 g/mol. The first-order valence-corrected chi connectivity index (χ1v) is 8.94. The summed E-state index contributed by atoms with van der Waals surface area (Å²) in [4.78, 5) is 29.4. The Kier molecular flexibility index (Phi) is 6.02. The lowest BCUT2D eigenvalue weighted by molar-refractivity contribution is 0.190. The van der Waals surface area contributed by atoms with E-state index in [1.165, 1.54) is 23.0 Å². The van der Waals surface area contributed by atoms with Crippen LogP contribution < -0.4 is 22.3 Å². The van der Waals surface area contributed by atoms with E-state index in [9.17, 15) is 9.59 Å². The molecule has 3 N–H and O–H groups in total. The molecule has 0 bridgehead atoms. The van der Waals surface area contributed by atoms with E-state index >= 15 is 0 Å². The molecule has 0 aromatic carbocycles. The van der Waals surface area contributed by atoms with Gasteiger partial charge in [-0.05, 0) is 12.8 Å². The third-order valence-corrected chi connectivity index (χ3v) is 4.45. The van der Waals surface area contributed by atoms with E-state index in [0.29, 0.717) is 24.0 Å². The Bertz CT molecular complexity index is 852. The quantitative estimate of drug-likeness (QED) is 0.766. The first-order chi connectivity index (χ1) is 11.8. The zero-order chi connectivity index (χ0) is 18.7. The molecular weight excluding hydrogens is 342 g/mol. The molecule has 8 nitrogen and oxygen atoms in total. The number of anilines is 2. The van der Waals surface area contributed by atoms with Crippen molar-refractivity contribution < 1.29 is 4.74 Å². The van der Waals surface area contributed by atoms with E-state index in [4.69, 9.17) is 10.5 Å². The Morgan fingerprint density at radius 2 is 2.04 bits per heavy atom. The number of rotatable bonds is 7. The fraction of sp³-hybridized carbons (Fsp3) is 0.562. The number of nitrogens with one attached hydrogen (secondary N) is 1. The van der Waals surface area contributed by atoms with Crippen molar-refractivity contribution in [3.05, 3.63) is 26.2 Å². The lowest BCUT2D eigenvalue weighted by Crippen LogP contribution is -2.41. The highest BCUT2D eigenvalue weighted by Crippen LogP contribution is 2.26. The summed E-state index contributed by atoms with van der Waals surface area (Å²) in [5.74, 6) is 0.372. The van der Waals surface area contributed by atoms with Crippen LogP contribution in [0.2, 0.25) is 0 Å². The van der Waals surface area contributed by atoms with Crippen molar-refractivity contribution in [1.29, 1.82) is 0 Å². The van der Waals surface area contributed by atoms with Crippen LogP contribution in [-0.2, 0) is 18.3 Å². The second-order valence-corrected chi connectivity index (χ2v) is 7.31. The Morgan fingerprint density at radius 1 is 1.36 bits per heavy atom.